The summed E-state index contributed by atoms with van der Waals surface area (Å²) in [5.41, 5.74) is 3.20. The van der Waals surface area contributed by atoms with Gasteiger partial charge in [-0.2, -0.15) is 5.10 Å². The second kappa shape index (κ2) is 5.64. The van der Waals surface area contributed by atoms with Gasteiger partial charge in [-0.15, -0.1) is 11.3 Å². The Labute approximate surface area is 129 Å². The molecule has 0 unspecified atom stereocenters. The van der Waals surface area contributed by atoms with Crippen molar-refractivity contribution in [2.75, 3.05) is 13.1 Å². The predicted octanol–water partition coefficient (Wildman–Crippen LogP) is 3.53. The number of H-pyrrole nitrogens is 1. The minimum atomic E-state index is 0.165. The molecular weight excluding hydrogens is 282 g/mol. The molecule has 1 atom stereocenters. The predicted molar refractivity (Wildman–Crippen MR) is 85.0 cm³/mol. The number of nitrogens with one attached hydrogen (secondary N) is 1. The molecule has 112 valence electrons. The van der Waals surface area contributed by atoms with E-state index < -0.39 is 0 Å². The number of aromatic amines is 1. The molecule has 1 saturated heterocycles. The zero-order chi connectivity index (χ0) is 15.0. The first kappa shape index (κ1) is 14.3. The minimum absolute atomic E-state index is 0.165. The fourth-order valence-electron chi connectivity index (χ4n) is 2.90. The SMILES string of the molecule is Cc1cn[nH]c1[C@@H]1CCN(C(=O)c2csc(C(C)C)c2)C1. The highest BCUT2D eigenvalue weighted by atomic mass is 32.1. The number of carbonyl (C=O) groups excluding carboxylic acids is 1. The summed E-state index contributed by atoms with van der Waals surface area (Å²) in [5.74, 6) is 1.04. The maximum atomic E-state index is 12.6. The second-order valence-electron chi connectivity index (χ2n) is 6.10. The standard InChI is InChI=1S/C16H21N3OS/c1-10(2)14-6-13(9-21-14)16(20)19-5-4-12(8-19)15-11(3)7-17-18-15/h6-7,9-10,12H,4-5,8H2,1-3H3,(H,17,18)/t12-/m1/s1. The van der Waals surface area contributed by atoms with Crippen molar-refractivity contribution in [3.05, 3.63) is 39.3 Å². The van der Waals surface area contributed by atoms with Gasteiger partial charge < -0.3 is 4.90 Å². The third-order valence-electron chi connectivity index (χ3n) is 4.19. The fraction of sp³-hybridized carbons (Fsp3) is 0.500. The van der Waals surface area contributed by atoms with E-state index in [-0.39, 0.29) is 5.91 Å². The number of hydrogen-bond donors (Lipinski definition) is 1. The maximum absolute atomic E-state index is 12.6. The Balaban J connectivity index is 1.70. The van der Waals surface area contributed by atoms with E-state index in [1.165, 1.54) is 16.1 Å². The average Bonchev–Trinajstić information content (AvgIpc) is 3.17. The lowest BCUT2D eigenvalue weighted by atomic mass is 10.0. The Kier molecular flexibility index (Phi) is 3.85. The van der Waals surface area contributed by atoms with Crippen molar-refractivity contribution < 1.29 is 4.79 Å². The van der Waals surface area contributed by atoms with Gasteiger partial charge in [0.05, 0.1) is 11.8 Å². The van der Waals surface area contributed by atoms with Crippen LogP contribution in [0.5, 0.6) is 0 Å². The van der Waals surface area contributed by atoms with Crippen molar-refractivity contribution in [2.45, 2.75) is 39.0 Å². The van der Waals surface area contributed by atoms with E-state index in [1.54, 1.807) is 11.3 Å². The summed E-state index contributed by atoms with van der Waals surface area (Å²) >= 11 is 1.68. The lowest BCUT2D eigenvalue weighted by Crippen LogP contribution is -2.28. The van der Waals surface area contributed by atoms with Gasteiger partial charge in [0.2, 0.25) is 0 Å². The van der Waals surface area contributed by atoms with Crippen LogP contribution in [0.3, 0.4) is 0 Å². The van der Waals surface area contributed by atoms with E-state index >= 15 is 0 Å². The van der Waals surface area contributed by atoms with Crippen LogP contribution in [0.4, 0.5) is 0 Å². The second-order valence-corrected chi connectivity index (χ2v) is 7.04. The summed E-state index contributed by atoms with van der Waals surface area (Å²) in [6.07, 6.45) is 2.86. The van der Waals surface area contributed by atoms with E-state index in [4.69, 9.17) is 0 Å². The van der Waals surface area contributed by atoms with Crippen molar-refractivity contribution in [3.8, 4) is 0 Å². The monoisotopic (exact) mass is 303 g/mol. The van der Waals surface area contributed by atoms with Crippen LogP contribution in [0.1, 0.15) is 58.6 Å². The molecule has 0 saturated carbocycles. The molecule has 1 N–H and O–H groups in total. The largest absolute Gasteiger partial charge is 0.338 e. The van der Waals surface area contributed by atoms with Gasteiger partial charge in [0.15, 0.2) is 0 Å². The molecule has 3 heterocycles. The number of carbonyl (C=O) groups is 1. The van der Waals surface area contributed by atoms with Gasteiger partial charge >= 0.3 is 0 Å². The summed E-state index contributed by atoms with van der Waals surface area (Å²) in [7, 11) is 0. The van der Waals surface area contributed by atoms with E-state index in [0.717, 1.165) is 25.1 Å². The molecule has 1 aliphatic heterocycles. The Morgan fingerprint density at radius 2 is 2.33 bits per heavy atom. The molecule has 1 fully saturated rings. The molecule has 0 aliphatic carbocycles. The highest BCUT2D eigenvalue weighted by molar-refractivity contribution is 7.10. The number of aryl methyl sites for hydroxylation is 1. The maximum Gasteiger partial charge on any atom is 0.254 e. The Hall–Kier alpha value is -1.62. The first-order chi connectivity index (χ1) is 10.1. The summed E-state index contributed by atoms with van der Waals surface area (Å²) in [5, 5.41) is 9.16. The number of nitrogens with zero attached hydrogens (tertiary/aromatic N) is 2. The molecule has 4 nitrogen and oxygen atoms in total. The lowest BCUT2D eigenvalue weighted by Gasteiger charge is -2.15. The minimum Gasteiger partial charge on any atom is -0.338 e. The number of likely N-dealkylation sites (tertiary alicyclic amines) is 1. The first-order valence-electron chi connectivity index (χ1n) is 7.44. The van der Waals surface area contributed by atoms with Crippen LogP contribution in [0.15, 0.2) is 17.6 Å². The zero-order valence-electron chi connectivity index (χ0n) is 12.7. The number of hydrogen-bond acceptors (Lipinski definition) is 3. The van der Waals surface area contributed by atoms with Crippen LogP contribution in [-0.2, 0) is 0 Å². The molecule has 0 bridgehead atoms. The molecular formula is C16H21N3OS. The molecule has 1 aliphatic rings. The number of amides is 1. The van der Waals surface area contributed by atoms with E-state index in [9.17, 15) is 4.79 Å². The van der Waals surface area contributed by atoms with Crippen LogP contribution in [0, 0.1) is 6.92 Å². The molecule has 2 aromatic heterocycles. The van der Waals surface area contributed by atoms with Crippen LogP contribution < -0.4 is 0 Å². The van der Waals surface area contributed by atoms with Crippen LogP contribution >= 0.6 is 11.3 Å². The topological polar surface area (TPSA) is 49.0 Å². The number of aromatic nitrogens is 2. The molecule has 1 amide bonds. The third kappa shape index (κ3) is 2.75. The quantitative estimate of drug-likeness (QED) is 0.943. The van der Waals surface area contributed by atoms with Gasteiger partial charge in [0, 0.05) is 35.0 Å². The molecule has 0 spiro atoms. The molecule has 5 heteroatoms. The Morgan fingerprint density at radius 3 is 2.95 bits per heavy atom. The van der Waals surface area contributed by atoms with Crippen molar-refractivity contribution in [2.24, 2.45) is 0 Å². The van der Waals surface area contributed by atoms with Gasteiger partial charge in [-0.1, -0.05) is 13.8 Å². The summed E-state index contributed by atoms with van der Waals surface area (Å²) in [4.78, 5) is 15.8. The summed E-state index contributed by atoms with van der Waals surface area (Å²) < 4.78 is 0. The summed E-state index contributed by atoms with van der Waals surface area (Å²) in [6, 6.07) is 2.05. The Bertz CT molecular complexity index is 643. The van der Waals surface area contributed by atoms with Crippen LogP contribution in [-0.4, -0.2) is 34.1 Å². The molecule has 21 heavy (non-hydrogen) atoms. The number of thiophene rings is 1. The highest BCUT2D eigenvalue weighted by Gasteiger charge is 2.30. The van der Waals surface area contributed by atoms with Gasteiger partial charge in [0.25, 0.3) is 5.91 Å². The van der Waals surface area contributed by atoms with Gasteiger partial charge in [-0.05, 0) is 30.9 Å². The summed E-state index contributed by atoms with van der Waals surface area (Å²) in [6.45, 7) is 8.00. The molecule has 0 aromatic carbocycles. The first-order valence-corrected chi connectivity index (χ1v) is 8.31. The van der Waals surface area contributed by atoms with Crippen molar-refractivity contribution in [1.82, 2.24) is 15.1 Å². The number of rotatable bonds is 3. The molecule has 3 rings (SSSR count). The molecule has 2 aromatic rings. The zero-order valence-corrected chi connectivity index (χ0v) is 13.5. The van der Waals surface area contributed by atoms with Gasteiger partial charge in [-0.25, -0.2) is 0 Å². The smallest absolute Gasteiger partial charge is 0.254 e. The normalized spacial score (nSPS) is 18.7. The van der Waals surface area contributed by atoms with E-state index in [0.29, 0.717) is 11.8 Å². The average molecular weight is 303 g/mol. The fourth-order valence-corrected chi connectivity index (χ4v) is 3.80. The van der Waals surface area contributed by atoms with Crippen molar-refractivity contribution in [1.29, 1.82) is 0 Å². The van der Waals surface area contributed by atoms with Gasteiger partial charge in [-0.3, -0.25) is 9.89 Å². The lowest BCUT2D eigenvalue weighted by molar-refractivity contribution is 0.0791. The third-order valence-corrected chi connectivity index (χ3v) is 5.42. The van der Waals surface area contributed by atoms with Crippen molar-refractivity contribution in [3.63, 3.8) is 0 Å². The van der Waals surface area contributed by atoms with Gasteiger partial charge in [0.1, 0.15) is 0 Å². The highest BCUT2D eigenvalue weighted by Crippen LogP contribution is 2.30. The van der Waals surface area contributed by atoms with E-state index in [2.05, 4.69) is 31.0 Å². The van der Waals surface area contributed by atoms with Crippen molar-refractivity contribution >= 4 is 17.2 Å². The van der Waals surface area contributed by atoms with E-state index in [1.807, 2.05) is 22.5 Å². The van der Waals surface area contributed by atoms with Crippen LogP contribution in [0.25, 0.3) is 0 Å². The van der Waals surface area contributed by atoms with Crippen LogP contribution in [0.2, 0.25) is 0 Å². The Morgan fingerprint density at radius 1 is 1.52 bits per heavy atom. The molecule has 0 radical (unpaired) electrons.